The van der Waals surface area contributed by atoms with Crippen molar-refractivity contribution in [3.05, 3.63) is 83.0 Å². The number of rotatable bonds is 7. The van der Waals surface area contributed by atoms with Gasteiger partial charge in [-0.2, -0.15) is 0 Å². The number of fused-ring (bicyclic) bond motifs is 1. The minimum Gasteiger partial charge on any atom is -0.497 e. The van der Waals surface area contributed by atoms with Gasteiger partial charge < -0.3 is 14.5 Å². The van der Waals surface area contributed by atoms with Crippen LogP contribution in [0.5, 0.6) is 5.75 Å². The number of aryl methyl sites for hydroxylation is 1. The molecule has 0 fully saturated rings. The van der Waals surface area contributed by atoms with Crippen molar-refractivity contribution in [2.45, 2.75) is 51.5 Å². The molecule has 0 saturated heterocycles. The smallest absolute Gasteiger partial charge is 0.234 e. The molecule has 2 aromatic carbocycles. The van der Waals surface area contributed by atoms with Gasteiger partial charge in [0.25, 0.3) is 0 Å². The van der Waals surface area contributed by atoms with Crippen LogP contribution in [0.2, 0.25) is 0 Å². The van der Waals surface area contributed by atoms with Crippen LogP contribution >= 0.6 is 0 Å². The molecule has 3 aromatic rings. The number of hydrogen-bond donors (Lipinski definition) is 0. The monoisotopic (exact) mass is 457 g/mol. The number of hydrogen-bond acceptors (Lipinski definition) is 4. The summed E-state index contributed by atoms with van der Waals surface area (Å²) in [5.41, 5.74) is 5.54. The highest BCUT2D eigenvalue weighted by Gasteiger charge is 2.31. The summed E-state index contributed by atoms with van der Waals surface area (Å²) < 4.78 is 5.48. The van der Waals surface area contributed by atoms with Gasteiger partial charge in [-0.05, 0) is 77.8 Å². The maximum absolute atomic E-state index is 14.1. The van der Waals surface area contributed by atoms with E-state index in [2.05, 4.69) is 55.2 Å². The number of ether oxygens (including phenoxy) is 1. The van der Waals surface area contributed by atoms with Crippen LogP contribution < -0.4 is 14.5 Å². The Morgan fingerprint density at radius 3 is 2.47 bits per heavy atom. The summed E-state index contributed by atoms with van der Waals surface area (Å²) in [7, 11) is 5.63. The summed E-state index contributed by atoms with van der Waals surface area (Å²) in [4.78, 5) is 22.6. The molecule has 0 spiro atoms. The molecular formula is C29H35N3O2. The van der Waals surface area contributed by atoms with Crippen molar-refractivity contribution >= 4 is 17.4 Å². The van der Waals surface area contributed by atoms with Gasteiger partial charge in [-0.25, -0.2) is 4.98 Å². The van der Waals surface area contributed by atoms with Gasteiger partial charge >= 0.3 is 0 Å². The maximum atomic E-state index is 14.1. The second-order valence-corrected chi connectivity index (χ2v) is 9.60. The number of pyridine rings is 1. The molecule has 1 unspecified atom stereocenters. The lowest BCUT2D eigenvalue weighted by atomic mass is 9.81. The van der Waals surface area contributed by atoms with E-state index in [1.54, 1.807) is 7.11 Å². The van der Waals surface area contributed by atoms with Crippen LogP contribution in [0.15, 0.2) is 60.8 Å². The predicted octanol–water partition coefficient (Wildman–Crippen LogP) is 5.93. The van der Waals surface area contributed by atoms with E-state index in [1.165, 1.54) is 11.1 Å². The number of aromatic nitrogens is 1. The van der Waals surface area contributed by atoms with Crippen molar-refractivity contribution in [3.8, 4) is 5.75 Å². The Hall–Kier alpha value is -3.34. The first-order valence-electron chi connectivity index (χ1n) is 12.1. The van der Waals surface area contributed by atoms with Gasteiger partial charge in [0.1, 0.15) is 11.6 Å². The van der Waals surface area contributed by atoms with Crippen LogP contribution in [-0.4, -0.2) is 32.1 Å². The average Bonchev–Trinajstić information content (AvgIpc) is 2.86. The number of carbonyl (C=O) groups excluding carboxylic acids is 1. The fraction of sp³-hybridized carbons (Fsp3) is 0.379. The third-order valence-electron chi connectivity index (χ3n) is 6.71. The van der Waals surface area contributed by atoms with Crippen LogP contribution in [-0.2, 0) is 17.8 Å². The predicted molar refractivity (Wildman–Crippen MR) is 139 cm³/mol. The second kappa shape index (κ2) is 10.3. The largest absolute Gasteiger partial charge is 0.497 e. The lowest BCUT2D eigenvalue weighted by molar-refractivity contribution is -0.120. The average molecular weight is 458 g/mol. The summed E-state index contributed by atoms with van der Waals surface area (Å²) >= 11 is 0. The molecule has 1 atom stereocenters. The van der Waals surface area contributed by atoms with E-state index in [-0.39, 0.29) is 11.8 Å². The highest BCUT2D eigenvalue weighted by atomic mass is 16.5. The SMILES string of the molecule is COc1ccc2c(c1)C(C(=O)N(Cc1ccc(N(C)C)nc1)c1ccc(C(C)C)cc1)CCC2. The van der Waals surface area contributed by atoms with Gasteiger partial charge in [-0.1, -0.05) is 38.1 Å². The van der Waals surface area contributed by atoms with Crippen molar-refractivity contribution in [2.24, 2.45) is 0 Å². The van der Waals surface area contributed by atoms with E-state index in [4.69, 9.17) is 4.74 Å². The zero-order chi connectivity index (χ0) is 24.2. The van der Waals surface area contributed by atoms with Gasteiger partial charge in [-0.3, -0.25) is 4.79 Å². The van der Waals surface area contributed by atoms with Crippen molar-refractivity contribution in [1.82, 2.24) is 4.98 Å². The van der Waals surface area contributed by atoms with E-state index in [0.29, 0.717) is 12.5 Å². The zero-order valence-corrected chi connectivity index (χ0v) is 20.9. The minimum absolute atomic E-state index is 0.128. The van der Waals surface area contributed by atoms with Crippen molar-refractivity contribution in [1.29, 1.82) is 0 Å². The Morgan fingerprint density at radius 2 is 1.85 bits per heavy atom. The molecule has 1 aliphatic carbocycles. The van der Waals surface area contributed by atoms with Crippen LogP contribution in [0.4, 0.5) is 11.5 Å². The third kappa shape index (κ3) is 5.09. The third-order valence-corrected chi connectivity index (χ3v) is 6.71. The molecule has 0 aliphatic heterocycles. The van der Waals surface area contributed by atoms with Crippen LogP contribution in [0.1, 0.15) is 60.8 Å². The van der Waals surface area contributed by atoms with E-state index < -0.39 is 0 Å². The molecular weight excluding hydrogens is 422 g/mol. The van der Waals surface area contributed by atoms with Gasteiger partial charge in [0.15, 0.2) is 0 Å². The van der Waals surface area contributed by atoms with Crippen LogP contribution in [0.25, 0.3) is 0 Å². The van der Waals surface area contributed by atoms with Gasteiger partial charge in [0, 0.05) is 26.0 Å². The molecule has 1 amide bonds. The number of methoxy groups -OCH3 is 1. The summed E-state index contributed by atoms with van der Waals surface area (Å²) in [6.07, 6.45) is 4.73. The Bertz CT molecular complexity index is 1120. The van der Waals surface area contributed by atoms with Crippen molar-refractivity contribution in [3.63, 3.8) is 0 Å². The Kier molecular flexibility index (Phi) is 7.20. The first-order valence-corrected chi connectivity index (χ1v) is 12.1. The number of benzene rings is 2. The van der Waals surface area contributed by atoms with E-state index in [9.17, 15) is 4.79 Å². The molecule has 0 radical (unpaired) electrons. The Labute approximate surface area is 203 Å². The number of carbonyl (C=O) groups is 1. The number of anilines is 2. The molecule has 1 aromatic heterocycles. The van der Waals surface area contributed by atoms with Gasteiger partial charge in [0.2, 0.25) is 5.91 Å². The molecule has 4 rings (SSSR count). The van der Waals surface area contributed by atoms with E-state index >= 15 is 0 Å². The molecule has 1 aliphatic rings. The van der Waals surface area contributed by atoms with E-state index in [1.807, 2.05) is 48.3 Å². The highest BCUT2D eigenvalue weighted by molar-refractivity contribution is 5.98. The standard InChI is InChI=1S/C29H35N3O2/c1-20(2)22-10-13-24(14-11-22)32(19-21-9-16-28(30-18-21)31(3)4)29(33)26-8-6-7-23-12-15-25(34-5)17-27(23)26/h9-18,20,26H,6-8,19H2,1-5H3. The molecule has 0 bridgehead atoms. The molecule has 0 saturated carbocycles. The van der Waals surface area contributed by atoms with Crippen molar-refractivity contribution in [2.75, 3.05) is 31.0 Å². The molecule has 5 heteroatoms. The highest BCUT2D eigenvalue weighted by Crippen LogP contribution is 2.37. The summed E-state index contributed by atoms with van der Waals surface area (Å²) in [5, 5.41) is 0. The van der Waals surface area contributed by atoms with Gasteiger partial charge in [-0.15, -0.1) is 0 Å². The summed E-state index contributed by atoms with van der Waals surface area (Å²) in [5.74, 6) is 2.09. The molecule has 178 valence electrons. The maximum Gasteiger partial charge on any atom is 0.234 e. The van der Waals surface area contributed by atoms with E-state index in [0.717, 1.165) is 47.6 Å². The summed E-state index contributed by atoms with van der Waals surface area (Å²) in [6.45, 7) is 4.85. The van der Waals surface area contributed by atoms with Crippen molar-refractivity contribution < 1.29 is 9.53 Å². The first kappa shape index (κ1) is 23.8. The van der Waals surface area contributed by atoms with Crippen LogP contribution in [0, 0.1) is 0 Å². The minimum atomic E-state index is -0.183. The topological polar surface area (TPSA) is 45.7 Å². The molecule has 1 heterocycles. The Morgan fingerprint density at radius 1 is 1.09 bits per heavy atom. The zero-order valence-electron chi connectivity index (χ0n) is 20.9. The van der Waals surface area contributed by atoms with Gasteiger partial charge in [0.05, 0.1) is 19.6 Å². The fourth-order valence-electron chi connectivity index (χ4n) is 4.64. The summed E-state index contributed by atoms with van der Waals surface area (Å²) in [6, 6.07) is 18.6. The second-order valence-electron chi connectivity index (χ2n) is 9.60. The number of amides is 1. The lowest BCUT2D eigenvalue weighted by Crippen LogP contribution is -2.36. The quantitative estimate of drug-likeness (QED) is 0.441. The molecule has 0 N–H and O–H groups in total. The Balaban J connectivity index is 1.70. The first-order chi connectivity index (χ1) is 16.4. The fourth-order valence-corrected chi connectivity index (χ4v) is 4.64. The molecule has 34 heavy (non-hydrogen) atoms. The normalized spacial score (nSPS) is 15.1. The van der Waals surface area contributed by atoms with Crippen LogP contribution in [0.3, 0.4) is 0 Å². The lowest BCUT2D eigenvalue weighted by Gasteiger charge is -2.31. The molecule has 5 nitrogen and oxygen atoms in total. The number of nitrogens with zero attached hydrogens (tertiary/aromatic N) is 3.